The molecule has 1 aliphatic heterocycles. The molecule has 0 aliphatic carbocycles. The molecular formula is C39H46BN5O2. The van der Waals surface area contributed by atoms with Gasteiger partial charge >= 0.3 is 7.12 Å². The third kappa shape index (κ3) is 6.82. The Kier molecular flexibility index (Phi) is 9.73. The third-order valence-electron chi connectivity index (χ3n) is 9.97. The predicted octanol–water partition coefficient (Wildman–Crippen LogP) is 8.17. The summed E-state index contributed by atoms with van der Waals surface area (Å²) in [5, 5.41) is 17.7. The lowest BCUT2D eigenvalue weighted by Crippen LogP contribution is -2.47. The van der Waals surface area contributed by atoms with E-state index in [-0.39, 0.29) is 30.4 Å². The van der Waals surface area contributed by atoms with Crippen LogP contribution in [0.2, 0.25) is 6.32 Å². The number of hydrogen-bond acceptors (Lipinski definition) is 6. The molecule has 242 valence electrons. The van der Waals surface area contributed by atoms with Gasteiger partial charge in [-0.25, -0.2) is 4.68 Å². The molecule has 1 aromatic heterocycles. The lowest BCUT2D eigenvalue weighted by Gasteiger charge is -2.40. The van der Waals surface area contributed by atoms with Crippen LogP contribution in [-0.4, -0.2) is 38.5 Å². The Morgan fingerprint density at radius 1 is 0.702 bits per heavy atom. The highest BCUT2D eigenvalue weighted by atomic mass is 16.7. The van der Waals surface area contributed by atoms with Gasteiger partial charge in [0.1, 0.15) is 0 Å². The fourth-order valence-electron chi connectivity index (χ4n) is 6.66. The Morgan fingerprint density at radius 3 is 1.66 bits per heavy atom. The molecule has 1 N–H and O–H groups in total. The maximum Gasteiger partial charge on any atom is 0.457 e. The van der Waals surface area contributed by atoms with Gasteiger partial charge in [-0.05, 0) is 80.0 Å². The SMILES string of the molecule is C[C@H](c1ccccc1)n1nnnc1C(CCCCB1OC(C)(C)C(C)(C)O1)NC(c1ccccc1)(c1ccccc1)c1ccccc1. The number of aromatic nitrogens is 4. The van der Waals surface area contributed by atoms with E-state index in [1.807, 2.05) is 10.7 Å². The fourth-order valence-corrected chi connectivity index (χ4v) is 6.66. The molecule has 1 unspecified atom stereocenters. The summed E-state index contributed by atoms with van der Waals surface area (Å²) in [6, 6.07) is 42.3. The monoisotopic (exact) mass is 627 g/mol. The normalized spacial score (nSPS) is 17.0. The predicted molar refractivity (Wildman–Crippen MR) is 188 cm³/mol. The van der Waals surface area contributed by atoms with Crippen LogP contribution in [0.3, 0.4) is 0 Å². The second kappa shape index (κ2) is 13.9. The maximum atomic E-state index is 6.32. The largest absolute Gasteiger partial charge is 0.457 e. The number of rotatable bonds is 13. The van der Waals surface area contributed by atoms with Crippen molar-refractivity contribution in [3.05, 3.63) is 149 Å². The molecule has 0 radical (unpaired) electrons. The molecule has 0 spiro atoms. The summed E-state index contributed by atoms with van der Waals surface area (Å²) in [5.41, 5.74) is 3.25. The molecule has 1 aliphatic rings. The second-order valence-corrected chi connectivity index (χ2v) is 13.6. The van der Waals surface area contributed by atoms with E-state index in [1.165, 1.54) is 0 Å². The van der Waals surface area contributed by atoms with E-state index >= 15 is 0 Å². The molecule has 0 amide bonds. The van der Waals surface area contributed by atoms with E-state index < -0.39 is 5.54 Å². The Hall–Kier alpha value is -4.11. The minimum absolute atomic E-state index is 0.0465. The number of tetrazole rings is 1. The quantitative estimate of drug-likeness (QED) is 0.0807. The number of nitrogens with zero attached hydrogens (tertiary/aromatic N) is 4. The first-order valence-electron chi connectivity index (χ1n) is 16.8. The van der Waals surface area contributed by atoms with E-state index in [0.29, 0.717) is 0 Å². The van der Waals surface area contributed by atoms with Crippen molar-refractivity contribution in [2.24, 2.45) is 0 Å². The number of unbranched alkanes of at least 4 members (excludes halogenated alkanes) is 1. The highest BCUT2D eigenvalue weighted by molar-refractivity contribution is 6.45. The van der Waals surface area contributed by atoms with Crippen LogP contribution in [0.5, 0.6) is 0 Å². The molecule has 7 nitrogen and oxygen atoms in total. The van der Waals surface area contributed by atoms with Gasteiger partial charge in [0.15, 0.2) is 5.82 Å². The standard InChI is InChI=1S/C39H46BN5O2/c1-30(31-20-10-6-11-21-31)45-36(42-43-44-45)35(28-18-19-29-40-46-37(2,3)38(4,5)47-40)41-39(32-22-12-7-13-23-32,33-24-14-8-15-25-33)34-26-16-9-17-27-34/h6-17,20-27,30,35,41H,18-19,28-29H2,1-5H3/t30-,35?/m1/s1. The first-order valence-corrected chi connectivity index (χ1v) is 16.8. The van der Waals surface area contributed by atoms with E-state index in [2.05, 4.69) is 166 Å². The highest BCUT2D eigenvalue weighted by Crippen LogP contribution is 2.41. The molecule has 0 saturated carbocycles. The Labute approximate surface area is 279 Å². The van der Waals surface area contributed by atoms with Gasteiger partial charge in [-0.15, -0.1) is 5.10 Å². The molecule has 6 rings (SSSR count). The van der Waals surface area contributed by atoms with Gasteiger partial charge < -0.3 is 9.31 Å². The summed E-state index contributed by atoms with van der Waals surface area (Å²) in [6.45, 7) is 10.6. The molecule has 47 heavy (non-hydrogen) atoms. The minimum atomic E-state index is -0.674. The van der Waals surface area contributed by atoms with Crippen LogP contribution in [0.4, 0.5) is 0 Å². The summed E-state index contributed by atoms with van der Waals surface area (Å²) in [6.07, 6.45) is 3.52. The minimum Gasteiger partial charge on any atom is -0.403 e. The molecule has 2 heterocycles. The van der Waals surface area contributed by atoms with Gasteiger partial charge in [-0.2, -0.15) is 0 Å². The van der Waals surface area contributed by atoms with Gasteiger partial charge in [-0.1, -0.05) is 134 Å². The molecule has 8 heteroatoms. The van der Waals surface area contributed by atoms with Gasteiger partial charge in [0, 0.05) is 0 Å². The molecule has 1 fully saturated rings. The van der Waals surface area contributed by atoms with Crippen molar-refractivity contribution in [2.75, 3.05) is 0 Å². The number of benzene rings is 4. The van der Waals surface area contributed by atoms with Crippen molar-refractivity contribution < 1.29 is 9.31 Å². The molecule has 2 atom stereocenters. The zero-order chi connectivity index (χ0) is 32.9. The fraction of sp³-hybridized carbons (Fsp3) is 0.359. The summed E-state index contributed by atoms with van der Waals surface area (Å²) < 4.78 is 14.6. The van der Waals surface area contributed by atoms with Crippen molar-refractivity contribution in [1.82, 2.24) is 25.5 Å². The molecule has 1 saturated heterocycles. The Balaban J connectivity index is 1.39. The molecule has 0 bridgehead atoms. The second-order valence-electron chi connectivity index (χ2n) is 13.6. The van der Waals surface area contributed by atoms with Crippen LogP contribution in [0, 0.1) is 0 Å². The van der Waals surface area contributed by atoms with Gasteiger partial charge in [0.2, 0.25) is 0 Å². The Morgan fingerprint density at radius 2 is 1.17 bits per heavy atom. The first kappa shape index (κ1) is 32.8. The van der Waals surface area contributed by atoms with Crippen LogP contribution in [0.25, 0.3) is 0 Å². The van der Waals surface area contributed by atoms with Crippen LogP contribution < -0.4 is 5.32 Å². The van der Waals surface area contributed by atoms with Crippen molar-refractivity contribution in [3.8, 4) is 0 Å². The summed E-state index contributed by atoms with van der Waals surface area (Å²) in [7, 11) is -0.216. The highest BCUT2D eigenvalue weighted by Gasteiger charge is 2.50. The van der Waals surface area contributed by atoms with Crippen LogP contribution in [0.1, 0.15) is 94.0 Å². The van der Waals surface area contributed by atoms with Crippen LogP contribution in [-0.2, 0) is 14.8 Å². The zero-order valence-corrected chi connectivity index (χ0v) is 28.2. The van der Waals surface area contributed by atoms with Crippen molar-refractivity contribution in [1.29, 1.82) is 0 Å². The first-order chi connectivity index (χ1) is 22.7. The van der Waals surface area contributed by atoms with E-state index in [1.54, 1.807) is 0 Å². The van der Waals surface area contributed by atoms with Gasteiger partial charge in [-0.3, -0.25) is 5.32 Å². The third-order valence-corrected chi connectivity index (χ3v) is 9.97. The molecular weight excluding hydrogens is 581 g/mol. The lowest BCUT2D eigenvalue weighted by molar-refractivity contribution is 0.00578. The maximum absolute atomic E-state index is 6.32. The Bertz CT molecular complexity index is 1580. The molecule has 5 aromatic rings. The average Bonchev–Trinajstić information content (AvgIpc) is 3.66. The van der Waals surface area contributed by atoms with Crippen LogP contribution >= 0.6 is 0 Å². The molecule has 4 aromatic carbocycles. The topological polar surface area (TPSA) is 74.1 Å². The summed E-state index contributed by atoms with van der Waals surface area (Å²) in [4.78, 5) is 0. The number of nitrogens with one attached hydrogen (secondary N) is 1. The van der Waals surface area contributed by atoms with Crippen molar-refractivity contribution in [2.45, 2.75) is 89.0 Å². The van der Waals surface area contributed by atoms with Crippen LogP contribution in [0.15, 0.2) is 121 Å². The van der Waals surface area contributed by atoms with Gasteiger partial charge in [0.25, 0.3) is 0 Å². The van der Waals surface area contributed by atoms with Crippen molar-refractivity contribution >= 4 is 7.12 Å². The van der Waals surface area contributed by atoms with Gasteiger partial charge in [0.05, 0.1) is 28.8 Å². The van der Waals surface area contributed by atoms with E-state index in [9.17, 15) is 0 Å². The summed E-state index contributed by atoms with van der Waals surface area (Å²) >= 11 is 0. The smallest absolute Gasteiger partial charge is 0.403 e. The summed E-state index contributed by atoms with van der Waals surface area (Å²) in [5.74, 6) is 0.809. The number of hydrogen-bond donors (Lipinski definition) is 1. The lowest BCUT2D eigenvalue weighted by atomic mass is 9.76. The average molecular weight is 628 g/mol. The van der Waals surface area contributed by atoms with E-state index in [0.717, 1.165) is 53.7 Å². The van der Waals surface area contributed by atoms with E-state index in [4.69, 9.17) is 14.4 Å². The zero-order valence-electron chi connectivity index (χ0n) is 28.2. The van der Waals surface area contributed by atoms with Crippen molar-refractivity contribution in [3.63, 3.8) is 0 Å².